The second kappa shape index (κ2) is 11.4. The van der Waals surface area contributed by atoms with Gasteiger partial charge in [-0.2, -0.15) is 0 Å². The molecule has 0 atom stereocenters. The van der Waals surface area contributed by atoms with Crippen molar-refractivity contribution in [3.05, 3.63) is 22.9 Å². The van der Waals surface area contributed by atoms with Crippen LogP contribution in [0.25, 0.3) is 9.75 Å². The van der Waals surface area contributed by atoms with E-state index in [0.29, 0.717) is 39.6 Å². The van der Waals surface area contributed by atoms with Crippen LogP contribution in [0.4, 0.5) is 0 Å². The Kier molecular flexibility index (Phi) is 9.11. The molecule has 2 aromatic rings. The van der Waals surface area contributed by atoms with Gasteiger partial charge in [0.25, 0.3) is 0 Å². The van der Waals surface area contributed by atoms with E-state index in [9.17, 15) is 0 Å². The van der Waals surface area contributed by atoms with Gasteiger partial charge in [-0.05, 0) is 22.9 Å². The average Bonchev–Trinajstić information content (AvgIpc) is 3.23. The van der Waals surface area contributed by atoms with E-state index in [1.807, 2.05) is 22.9 Å². The first-order chi connectivity index (χ1) is 11.9. The van der Waals surface area contributed by atoms with Gasteiger partial charge in [-0.15, -0.1) is 22.7 Å². The maximum atomic E-state index is 8.67. The Hall–Kier alpha value is -1.16. The quantitative estimate of drug-likeness (QED) is 0.524. The van der Waals surface area contributed by atoms with E-state index in [1.54, 1.807) is 22.7 Å². The van der Waals surface area contributed by atoms with Crippen LogP contribution in [0.5, 0.6) is 11.5 Å². The highest BCUT2D eigenvalue weighted by Crippen LogP contribution is 2.44. The lowest BCUT2D eigenvalue weighted by Crippen LogP contribution is -2.09. The molecule has 2 rings (SSSR count). The van der Waals surface area contributed by atoms with Crippen molar-refractivity contribution >= 4 is 22.7 Å². The monoisotopic (exact) mass is 374 g/mol. The average molecular weight is 374 g/mol. The molecular weight excluding hydrogens is 352 g/mol. The molecule has 24 heavy (non-hydrogen) atoms. The number of rotatable bonds is 13. The van der Waals surface area contributed by atoms with Crippen LogP contribution >= 0.6 is 22.7 Å². The summed E-state index contributed by atoms with van der Waals surface area (Å²) in [6.45, 7) is 2.41. The predicted molar refractivity (Wildman–Crippen MR) is 94.4 cm³/mol. The van der Waals surface area contributed by atoms with Crippen molar-refractivity contribution in [3.8, 4) is 21.3 Å². The summed E-state index contributed by atoms with van der Waals surface area (Å²) in [5.41, 5.74) is 0. The van der Waals surface area contributed by atoms with E-state index in [1.165, 1.54) is 0 Å². The Balaban J connectivity index is 1.88. The predicted octanol–water partition coefficient (Wildman–Crippen LogP) is 2.25. The molecule has 0 aromatic carbocycles. The van der Waals surface area contributed by atoms with E-state index in [4.69, 9.17) is 29.2 Å². The lowest BCUT2D eigenvalue weighted by atomic mass is 10.3. The first-order valence-electron chi connectivity index (χ1n) is 7.65. The van der Waals surface area contributed by atoms with Gasteiger partial charge in [0.1, 0.15) is 24.7 Å². The highest BCUT2D eigenvalue weighted by molar-refractivity contribution is 7.21. The van der Waals surface area contributed by atoms with Gasteiger partial charge >= 0.3 is 0 Å². The normalized spacial score (nSPS) is 10.9. The molecule has 0 amide bonds. The SMILES string of the molecule is OCCOCCOc1ccsc1-c1sccc1OCCOCCO. The summed E-state index contributed by atoms with van der Waals surface area (Å²) in [6, 6.07) is 3.86. The fraction of sp³-hybridized carbons (Fsp3) is 0.500. The minimum atomic E-state index is 0.0155. The van der Waals surface area contributed by atoms with Crippen LogP contribution in [0.3, 0.4) is 0 Å². The van der Waals surface area contributed by atoms with Gasteiger partial charge in [0, 0.05) is 0 Å². The van der Waals surface area contributed by atoms with Crippen molar-refractivity contribution < 1.29 is 29.2 Å². The Labute approximate surface area is 149 Å². The molecule has 0 aliphatic rings. The highest BCUT2D eigenvalue weighted by Gasteiger charge is 2.15. The Morgan fingerprint density at radius 3 is 1.54 bits per heavy atom. The van der Waals surface area contributed by atoms with E-state index in [0.717, 1.165) is 21.3 Å². The molecular formula is C16H22O6S2. The van der Waals surface area contributed by atoms with Crippen LogP contribution in [-0.4, -0.2) is 63.1 Å². The number of aliphatic hydroxyl groups excluding tert-OH is 2. The minimum absolute atomic E-state index is 0.0155. The smallest absolute Gasteiger partial charge is 0.138 e. The zero-order chi connectivity index (χ0) is 17.0. The number of thiophene rings is 2. The second-order valence-electron chi connectivity index (χ2n) is 4.60. The standard InChI is InChI=1S/C16H22O6S2/c17-3-5-19-7-9-21-13-1-11-23-15(13)16-14(2-12-24-16)22-10-8-20-6-4-18/h1-2,11-12,17-18H,3-10H2. The number of hydrogen-bond acceptors (Lipinski definition) is 8. The number of ether oxygens (including phenoxy) is 4. The van der Waals surface area contributed by atoms with Gasteiger partial charge in [0.15, 0.2) is 0 Å². The van der Waals surface area contributed by atoms with Gasteiger partial charge in [-0.1, -0.05) is 0 Å². The Bertz CT molecular complexity index is 518. The van der Waals surface area contributed by atoms with Crippen molar-refractivity contribution in [2.75, 3.05) is 52.9 Å². The molecule has 2 aromatic heterocycles. The van der Waals surface area contributed by atoms with Crippen molar-refractivity contribution in [2.45, 2.75) is 0 Å². The molecule has 134 valence electrons. The maximum Gasteiger partial charge on any atom is 0.138 e. The second-order valence-corrected chi connectivity index (χ2v) is 6.43. The Morgan fingerprint density at radius 2 is 1.12 bits per heavy atom. The van der Waals surface area contributed by atoms with E-state index in [2.05, 4.69) is 0 Å². The molecule has 0 spiro atoms. The summed E-state index contributed by atoms with van der Waals surface area (Å²) in [5.74, 6) is 1.60. The molecule has 0 saturated heterocycles. The van der Waals surface area contributed by atoms with Gasteiger partial charge < -0.3 is 29.2 Å². The summed E-state index contributed by atoms with van der Waals surface area (Å²) in [4.78, 5) is 2.05. The number of aliphatic hydroxyl groups is 2. The van der Waals surface area contributed by atoms with Crippen LogP contribution in [0.15, 0.2) is 22.9 Å². The van der Waals surface area contributed by atoms with E-state index in [-0.39, 0.29) is 13.2 Å². The van der Waals surface area contributed by atoms with Crippen LogP contribution in [0.2, 0.25) is 0 Å². The molecule has 0 bridgehead atoms. The first kappa shape index (κ1) is 19.2. The van der Waals surface area contributed by atoms with Crippen LogP contribution < -0.4 is 9.47 Å². The molecule has 2 N–H and O–H groups in total. The molecule has 0 aliphatic carbocycles. The zero-order valence-electron chi connectivity index (χ0n) is 13.3. The molecule has 0 aliphatic heterocycles. The fourth-order valence-electron chi connectivity index (χ4n) is 1.91. The third-order valence-corrected chi connectivity index (χ3v) is 4.86. The minimum Gasteiger partial charge on any atom is -0.490 e. The van der Waals surface area contributed by atoms with Crippen molar-refractivity contribution in [3.63, 3.8) is 0 Å². The third-order valence-electron chi connectivity index (χ3n) is 2.91. The molecule has 0 unspecified atom stereocenters. The summed E-state index contributed by atoms with van der Waals surface area (Å²) in [6.07, 6.45) is 0. The van der Waals surface area contributed by atoms with Crippen molar-refractivity contribution in [1.82, 2.24) is 0 Å². The largest absolute Gasteiger partial charge is 0.490 e. The highest BCUT2D eigenvalue weighted by atomic mass is 32.1. The summed E-state index contributed by atoms with van der Waals surface area (Å²) < 4.78 is 21.9. The first-order valence-corrected chi connectivity index (χ1v) is 9.41. The summed E-state index contributed by atoms with van der Waals surface area (Å²) in [5, 5.41) is 21.3. The van der Waals surface area contributed by atoms with Gasteiger partial charge in [0.05, 0.1) is 49.4 Å². The molecule has 0 radical (unpaired) electrons. The lowest BCUT2D eigenvalue weighted by molar-refractivity contribution is 0.0703. The molecule has 2 heterocycles. The van der Waals surface area contributed by atoms with Gasteiger partial charge in [-0.25, -0.2) is 0 Å². The van der Waals surface area contributed by atoms with Crippen molar-refractivity contribution in [2.24, 2.45) is 0 Å². The molecule has 8 heteroatoms. The lowest BCUT2D eigenvalue weighted by Gasteiger charge is -2.09. The van der Waals surface area contributed by atoms with E-state index < -0.39 is 0 Å². The topological polar surface area (TPSA) is 77.4 Å². The van der Waals surface area contributed by atoms with Crippen LogP contribution in [0.1, 0.15) is 0 Å². The summed E-state index contributed by atoms with van der Waals surface area (Å²) >= 11 is 3.19. The van der Waals surface area contributed by atoms with Gasteiger partial charge in [-0.3, -0.25) is 0 Å². The fourth-order valence-corrected chi connectivity index (χ4v) is 3.75. The molecule has 0 fully saturated rings. The van der Waals surface area contributed by atoms with Crippen LogP contribution in [0, 0.1) is 0 Å². The van der Waals surface area contributed by atoms with Crippen molar-refractivity contribution in [1.29, 1.82) is 0 Å². The molecule has 0 saturated carbocycles. The third kappa shape index (κ3) is 6.04. The Morgan fingerprint density at radius 1 is 0.667 bits per heavy atom. The van der Waals surface area contributed by atoms with Crippen LogP contribution in [-0.2, 0) is 9.47 Å². The zero-order valence-corrected chi connectivity index (χ0v) is 14.9. The van der Waals surface area contributed by atoms with E-state index >= 15 is 0 Å². The molecule has 6 nitrogen and oxygen atoms in total. The number of hydrogen-bond donors (Lipinski definition) is 2. The summed E-state index contributed by atoms with van der Waals surface area (Å²) in [7, 11) is 0. The maximum absolute atomic E-state index is 8.67. The van der Waals surface area contributed by atoms with Gasteiger partial charge in [0.2, 0.25) is 0 Å².